The van der Waals surface area contributed by atoms with Crippen molar-refractivity contribution in [3.05, 3.63) is 54.6 Å². The van der Waals surface area contributed by atoms with E-state index in [2.05, 4.69) is 0 Å². The summed E-state index contributed by atoms with van der Waals surface area (Å²) < 4.78 is 58.2. The predicted molar refractivity (Wildman–Crippen MR) is 108 cm³/mol. The van der Waals surface area contributed by atoms with Crippen molar-refractivity contribution < 1.29 is 21.6 Å². The molecule has 8 heteroatoms. The summed E-state index contributed by atoms with van der Waals surface area (Å²) >= 11 is 0. The van der Waals surface area contributed by atoms with Crippen LogP contribution in [0.3, 0.4) is 0 Å². The lowest BCUT2D eigenvalue weighted by Gasteiger charge is -2.17. The number of sulfonamides is 1. The van der Waals surface area contributed by atoms with Gasteiger partial charge >= 0.3 is 0 Å². The van der Waals surface area contributed by atoms with Crippen molar-refractivity contribution in [1.29, 1.82) is 0 Å². The molecule has 1 aliphatic heterocycles. The quantitative estimate of drug-likeness (QED) is 0.684. The van der Waals surface area contributed by atoms with Crippen LogP contribution in [0.1, 0.15) is 20.3 Å². The third kappa shape index (κ3) is 4.39. The number of hydrogen-bond acceptors (Lipinski definition) is 5. The van der Waals surface area contributed by atoms with Gasteiger partial charge in [0.25, 0.3) is 0 Å². The zero-order valence-corrected chi connectivity index (χ0v) is 17.6. The third-order valence-corrected chi connectivity index (χ3v) is 8.73. The molecule has 2 aromatic carbocycles. The van der Waals surface area contributed by atoms with Crippen LogP contribution in [0.2, 0.25) is 0 Å². The Balaban J connectivity index is 1.73. The van der Waals surface area contributed by atoms with Gasteiger partial charge in [0.05, 0.1) is 21.6 Å². The Bertz CT molecular complexity index is 1000. The Morgan fingerprint density at radius 1 is 0.964 bits per heavy atom. The van der Waals surface area contributed by atoms with Gasteiger partial charge in [-0.1, -0.05) is 32.0 Å². The Hall–Kier alpha value is -1.90. The molecule has 1 saturated heterocycles. The number of benzene rings is 2. The summed E-state index contributed by atoms with van der Waals surface area (Å²) in [7, 11) is -7.31. The summed E-state index contributed by atoms with van der Waals surface area (Å²) in [5, 5.41) is -0.738. The lowest BCUT2D eigenvalue weighted by atomic mass is 10.2. The van der Waals surface area contributed by atoms with E-state index >= 15 is 0 Å². The Labute approximate surface area is 167 Å². The molecule has 6 nitrogen and oxygen atoms in total. The zero-order valence-electron chi connectivity index (χ0n) is 16.0. The minimum atomic E-state index is -3.75. The lowest BCUT2D eigenvalue weighted by molar-refractivity contribution is 0.271. The molecule has 2 aromatic rings. The van der Waals surface area contributed by atoms with Crippen molar-refractivity contribution in [2.24, 2.45) is 5.92 Å². The molecule has 1 aliphatic rings. The highest BCUT2D eigenvalue weighted by atomic mass is 32.2. The highest BCUT2D eigenvalue weighted by molar-refractivity contribution is 7.92. The van der Waals surface area contributed by atoms with Gasteiger partial charge in [0.15, 0.2) is 9.84 Å². The molecule has 1 unspecified atom stereocenters. The molecule has 0 spiro atoms. The predicted octanol–water partition coefficient (Wildman–Crippen LogP) is 2.96. The minimum absolute atomic E-state index is 0.0365. The molecule has 1 heterocycles. The first kappa shape index (κ1) is 20.8. The molecule has 152 valence electrons. The van der Waals surface area contributed by atoms with Crippen molar-refractivity contribution in [3.63, 3.8) is 0 Å². The standard InChI is InChI=1S/C20H25NO5S2/c1-16(2)15-26-17-8-10-19(11-9-17)28(24,25)21-13-12-20(14-21)27(22,23)18-6-4-3-5-7-18/h3-11,16,20H,12-15H2,1-2H3. The first-order chi connectivity index (χ1) is 13.2. The van der Waals surface area contributed by atoms with Gasteiger partial charge in [-0.25, -0.2) is 16.8 Å². The molecule has 1 atom stereocenters. The highest BCUT2D eigenvalue weighted by Gasteiger charge is 2.39. The van der Waals surface area contributed by atoms with Crippen LogP contribution in [-0.2, 0) is 19.9 Å². The molecule has 28 heavy (non-hydrogen) atoms. The second-order valence-corrected chi connectivity index (χ2v) is 11.5. The summed E-state index contributed by atoms with van der Waals surface area (Å²) in [5.74, 6) is 0.982. The van der Waals surface area contributed by atoms with Crippen molar-refractivity contribution in [2.75, 3.05) is 19.7 Å². The molecule has 3 rings (SSSR count). The van der Waals surface area contributed by atoms with Gasteiger partial charge in [-0.3, -0.25) is 0 Å². The van der Waals surface area contributed by atoms with E-state index in [0.717, 1.165) is 0 Å². The van der Waals surface area contributed by atoms with E-state index in [-0.39, 0.29) is 29.3 Å². The molecule has 0 bridgehead atoms. The van der Waals surface area contributed by atoms with Crippen LogP contribution in [0, 0.1) is 5.92 Å². The summed E-state index contributed by atoms with van der Waals surface area (Å²) in [6, 6.07) is 14.4. The molecule has 0 amide bonds. The second kappa shape index (κ2) is 8.23. The molecular weight excluding hydrogens is 398 g/mol. The topological polar surface area (TPSA) is 80.8 Å². The van der Waals surface area contributed by atoms with Crippen molar-refractivity contribution in [3.8, 4) is 5.75 Å². The highest BCUT2D eigenvalue weighted by Crippen LogP contribution is 2.28. The minimum Gasteiger partial charge on any atom is -0.493 e. The van der Waals surface area contributed by atoms with Gasteiger partial charge in [0.2, 0.25) is 10.0 Å². The van der Waals surface area contributed by atoms with Crippen molar-refractivity contribution in [1.82, 2.24) is 4.31 Å². The SMILES string of the molecule is CC(C)COc1ccc(S(=O)(=O)N2CCC(S(=O)(=O)c3ccccc3)C2)cc1. The number of ether oxygens (including phenoxy) is 1. The fourth-order valence-corrected chi connectivity index (χ4v) is 6.40. The third-order valence-electron chi connectivity index (χ3n) is 4.66. The first-order valence-corrected chi connectivity index (χ1v) is 12.2. The molecule has 0 aromatic heterocycles. The molecule has 0 N–H and O–H groups in total. The van der Waals surface area contributed by atoms with Gasteiger partial charge in [0, 0.05) is 13.1 Å². The van der Waals surface area contributed by atoms with E-state index in [1.165, 1.54) is 16.4 Å². The van der Waals surface area contributed by atoms with E-state index in [0.29, 0.717) is 18.3 Å². The van der Waals surface area contributed by atoms with E-state index in [9.17, 15) is 16.8 Å². The fourth-order valence-electron chi connectivity index (χ4n) is 3.09. The monoisotopic (exact) mass is 423 g/mol. The van der Waals surface area contributed by atoms with Crippen LogP contribution in [0.25, 0.3) is 0 Å². The normalized spacial score (nSPS) is 18.5. The average molecular weight is 424 g/mol. The second-order valence-electron chi connectivity index (χ2n) is 7.31. The summed E-state index contributed by atoms with van der Waals surface area (Å²) in [4.78, 5) is 0.369. The first-order valence-electron chi connectivity index (χ1n) is 9.23. The van der Waals surface area contributed by atoms with Crippen LogP contribution >= 0.6 is 0 Å². The number of nitrogens with zero attached hydrogens (tertiary/aromatic N) is 1. The number of rotatable bonds is 7. The molecule has 0 radical (unpaired) electrons. The maximum Gasteiger partial charge on any atom is 0.243 e. The largest absolute Gasteiger partial charge is 0.493 e. The van der Waals surface area contributed by atoms with E-state index in [1.807, 2.05) is 13.8 Å². The maximum absolute atomic E-state index is 12.9. The Morgan fingerprint density at radius 2 is 1.61 bits per heavy atom. The van der Waals surface area contributed by atoms with Crippen molar-refractivity contribution >= 4 is 19.9 Å². The van der Waals surface area contributed by atoms with Crippen LogP contribution in [0.5, 0.6) is 5.75 Å². The lowest BCUT2D eigenvalue weighted by Crippen LogP contribution is -2.32. The molecule has 0 saturated carbocycles. The van der Waals surface area contributed by atoms with Crippen LogP contribution in [-0.4, -0.2) is 46.1 Å². The van der Waals surface area contributed by atoms with E-state index in [4.69, 9.17) is 4.74 Å². The van der Waals surface area contributed by atoms with Gasteiger partial charge < -0.3 is 4.74 Å². The molecule has 0 aliphatic carbocycles. The Kier molecular flexibility index (Phi) is 6.12. The van der Waals surface area contributed by atoms with Crippen LogP contribution < -0.4 is 4.74 Å². The van der Waals surface area contributed by atoms with Gasteiger partial charge in [-0.15, -0.1) is 0 Å². The molecule has 1 fully saturated rings. The van der Waals surface area contributed by atoms with Gasteiger partial charge in [-0.05, 0) is 48.7 Å². The van der Waals surface area contributed by atoms with E-state index < -0.39 is 25.1 Å². The van der Waals surface area contributed by atoms with Gasteiger partial charge in [-0.2, -0.15) is 4.31 Å². The summed E-state index contributed by atoms with van der Waals surface area (Å²) in [5.41, 5.74) is 0. The van der Waals surface area contributed by atoms with Gasteiger partial charge in [0.1, 0.15) is 5.75 Å². The summed E-state index contributed by atoms with van der Waals surface area (Å²) in [6.07, 6.45) is 0.284. The molecular formula is C20H25NO5S2. The number of hydrogen-bond donors (Lipinski definition) is 0. The van der Waals surface area contributed by atoms with E-state index in [1.54, 1.807) is 42.5 Å². The number of sulfone groups is 1. The van der Waals surface area contributed by atoms with Crippen LogP contribution in [0.4, 0.5) is 0 Å². The smallest absolute Gasteiger partial charge is 0.243 e. The average Bonchev–Trinajstić information content (AvgIpc) is 3.19. The fraction of sp³-hybridized carbons (Fsp3) is 0.400. The van der Waals surface area contributed by atoms with Crippen LogP contribution in [0.15, 0.2) is 64.4 Å². The Morgan fingerprint density at radius 3 is 2.21 bits per heavy atom. The summed E-state index contributed by atoms with van der Waals surface area (Å²) in [6.45, 7) is 4.77. The maximum atomic E-state index is 12.9. The zero-order chi connectivity index (χ0) is 20.4. The van der Waals surface area contributed by atoms with Crippen molar-refractivity contribution in [2.45, 2.75) is 35.3 Å².